The molecule has 5 nitrogen and oxygen atoms in total. The van der Waals surface area contributed by atoms with Crippen molar-refractivity contribution in [2.75, 3.05) is 16.8 Å². The molecule has 0 bridgehead atoms. The van der Waals surface area contributed by atoms with Gasteiger partial charge in [-0.3, -0.25) is 4.79 Å². The van der Waals surface area contributed by atoms with Crippen molar-refractivity contribution in [3.8, 4) is 0 Å². The van der Waals surface area contributed by atoms with Gasteiger partial charge in [-0.15, -0.1) is 0 Å². The lowest BCUT2D eigenvalue weighted by Crippen LogP contribution is -2.36. The van der Waals surface area contributed by atoms with Gasteiger partial charge in [0.1, 0.15) is 0 Å². The number of carbonyl (C=O) groups is 2. The van der Waals surface area contributed by atoms with Crippen LogP contribution in [0.1, 0.15) is 23.7 Å². The monoisotopic (exact) mass is 408 g/mol. The minimum absolute atomic E-state index is 0.0638. The van der Waals surface area contributed by atoms with Crippen molar-refractivity contribution in [2.45, 2.75) is 19.4 Å². The summed E-state index contributed by atoms with van der Waals surface area (Å²) in [6, 6.07) is 4.14. The summed E-state index contributed by atoms with van der Waals surface area (Å²) in [5, 5.41) is 11.7. The predicted molar refractivity (Wildman–Crippen MR) is 90.3 cm³/mol. The molecule has 0 saturated heterocycles. The van der Waals surface area contributed by atoms with Crippen LogP contribution in [0.4, 0.5) is 5.69 Å². The second-order valence-corrected chi connectivity index (χ2v) is 6.72. The normalized spacial score (nSPS) is 11.9. The number of carboxylic acid groups (broad SMARTS) is 1. The predicted octanol–water partition coefficient (Wildman–Crippen LogP) is 2.40. The van der Waals surface area contributed by atoms with E-state index in [-0.39, 0.29) is 17.2 Å². The Kier molecular flexibility index (Phi) is 7.31. The second-order valence-electron chi connectivity index (χ2n) is 4.08. The maximum Gasteiger partial charge on any atom is 0.337 e. The summed E-state index contributed by atoms with van der Waals surface area (Å²) in [5.41, 5.74) is 6.14. The van der Waals surface area contributed by atoms with Crippen LogP contribution in [0.15, 0.2) is 18.2 Å². The van der Waals surface area contributed by atoms with E-state index in [2.05, 4.69) is 27.9 Å². The van der Waals surface area contributed by atoms with E-state index in [0.29, 0.717) is 6.42 Å². The summed E-state index contributed by atoms with van der Waals surface area (Å²) >= 11 is 3.77. The first-order valence-corrected chi connectivity index (χ1v) is 8.36. The van der Waals surface area contributed by atoms with Crippen LogP contribution in [0.5, 0.6) is 0 Å². The average molecular weight is 408 g/mol. The van der Waals surface area contributed by atoms with Crippen molar-refractivity contribution in [3.63, 3.8) is 0 Å². The van der Waals surface area contributed by atoms with Crippen LogP contribution in [0.2, 0.25) is 0 Å². The van der Waals surface area contributed by atoms with Crippen molar-refractivity contribution >= 4 is 51.9 Å². The maximum absolute atomic E-state index is 12.0. The molecule has 0 aliphatic rings. The number of nitrogens with two attached hydrogens (primary N) is 1. The van der Waals surface area contributed by atoms with E-state index in [9.17, 15) is 9.59 Å². The highest BCUT2D eigenvalue weighted by atomic mass is 127. The molecule has 0 unspecified atom stereocenters. The molecule has 0 aliphatic heterocycles. The third kappa shape index (κ3) is 5.29. The van der Waals surface area contributed by atoms with Gasteiger partial charge in [0.05, 0.1) is 17.3 Å². The van der Waals surface area contributed by atoms with E-state index in [0.717, 1.165) is 15.1 Å². The lowest BCUT2D eigenvalue weighted by molar-refractivity contribution is -0.117. The Hall–Kier alpha value is -0.800. The van der Waals surface area contributed by atoms with Gasteiger partial charge in [0, 0.05) is 3.57 Å². The fourth-order valence-corrected chi connectivity index (χ4v) is 2.72. The number of anilines is 1. The topological polar surface area (TPSA) is 92.4 Å². The van der Waals surface area contributed by atoms with Crippen molar-refractivity contribution < 1.29 is 14.7 Å². The molecule has 7 heteroatoms. The smallest absolute Gasteiger partial charge is 0.337 e. The Labute approximate surface area is 135 Å². The minimum Gasteiger partial charge on any atom is -0.478 e. The Morgan fingerprint density at radius 2 is 2.20 bits per heavy atom. The SMILES string of the molecule is CCSCC[C@H](N)C(=O)Nc1cc(I)ccc1C(=O)O. The largest absolute Gasteiger partial charge is 0.478 e. The van der Waals surface area contributed by atoms with E-state index >= 15 is 0 Å². The zero-order valence-electron chi connectivity index (χ0n) is 11.1. The summed E-state index contributed by atoms with van der Waals surface area (Å²) in [5.74, 6) is 0.357. The number of benzene rings is 1. The number of aromatic carboxylic acids is 1. The summed E-state index contributed by atoms with van der Waals surface area (Å²) in [7, 11) is 0. The minimum atomic E-state index is -1.08. The van der Waals surface area contributed by atoms with E-state index in [1.807, 2.05) is 6.92 Å². The summed E-state index contributed by atoms with van der Waals surface area (Å²) < 4.78 is 0.845. The highest BCUT2D eigenvalue weighted by molar-refractivity contribution is 14.1. The fourth-order valence-electron chi connectivity index (χ4n) is 1.52. The number of nitrogens with one attached hydrogen (secondary N) is 1. The van der Waals surface area contributed by atoms with Crippen LogP contribution in [-0.2, 0) is 4.79 Å². The van der Waals surface area contributed by atoms with Crippen LogP contribution >= 0.6 is 34.4 Å². The second kappa shape index (κ2) is 8.48. The van der Waals surface area contributed by atoms with Gasteiger partial charge in [-0.2, -0.15) is 11.8 Å². The van der Waals surface area contributed by atoms with Gasteiger partial charge in [0.25, 0.3) is 0 Å². The van der Waals surface area contributed by atoms with Crippen molar-refractivity contribution in [1.29, 1.82) is 0 Å². The van der Waals surface area contributed by atoms with Crippen molar-refractivity contribution in [2.24, 2.45) is 5.73 Å². The number of carboxylic acids is 1. The first-order chi connectivity index (χ1) is 9.45. The summed E-state index contributed by atoms with van der Waals surface area (Å²) in [6.45, 7) is 2.04. The molecule has 20 heavy (non-hydrogen) atoms. The van der Waals surface area contributed by atoms with Crippen molar-refractivity contribution in [1.82, 2.24) is 0 Å². The van der Waals surface area contributed by atoms with Gasteiger partial charge in [-0.05, 0) is 58.7 Å². The quantitative estimate of drug-likeness (QED) is 0.476. The fraction of sp³-hybridized carbons (Fsp3) is 0.385. The maximum atomic E-state index is 12.0. The van der Waals surface area contributed by atoms with Gasteiger partial charge in [0.15, 0.2) is 0 Å². The number of hydrogen-bond donors (Lipinski definition) is 3. The molecule has 1 atom stereocenters. The highest BCUT2D eigenvalue weighted by Crippen LogP contribution is 2.19. The van der Waals surface area contributed by atoms with Crippen LogP contribution in [0.3, 0.4) is 0 Å². The average Bonchev–Trinajstić information content (AvgIpc) is 2.38. The number of hydrogen-bond acceptors (Lipinski definition) is 4. The standard InChI is InChI=1S/C13H17IN2O3S/c1-2-20-6-5-10(15)12(17)16-11-7-8(14)3-4-9(11)13(18)19/h3-4,7,10H,2,5-6,15H2,1H3,(H,16,17)(H,18,19)/t10-/m0/s1. The first-order valence-electron chi connectivity index (χ1n) is 6.12. The van der Waals surface area contributed by atoms with Crippen LogP contribution < -0.4 is 11.1 Å². The molecule has 0 spiro atoms. The Bertz CT molecular complexity index is 497. The van der Waals surface area contributed by atoms with Gasteiger partial charge in [-0.1, -0.05) is 6.92 Å². The Balaban J connectivity index is 2.74. The molecule has 1 rings (SSSR count). The Morgan fingerprint density at radius 1 is 1.50 bits per heavy atom. The molecule has 110 valence electrons. The molecule has 1 aromatic rings. The van der Waals surface area contributed by atoms with E-state index in [1.165, 1.54) is 6.07 Å². The van der Waals surface area contributed by atoms with E-state index in [1.54, 1.807) is 23.9 Å². The van der Waals surface area contributed by atoms with Crippen LogP contribution in [0.25, 0.3) is 0 Å². The molecular formula is C13H17IN2O3S. The number of amides is 1. The molecule has 1 amide bonds. The molecule has 1 aromatic carbocycles. The summed E-state index contributed by atoms with van der Waals surface area (Å²) in [4.78, 5) is 23.1. The molecule has 0 heterocycles. The van der Waals surface area contributed by atoms with Gasteiger partial charge >= 0.3 is 5.97 Å². The number of thioether (sulfide) groups is 1. The molecule has 0 aromatic heterocycles. The van der Waals surface area contributed by atoms with Crippen LogP contribution in [-0.4, -0.2) is 34.5 Å². The number of halogens is 1. The number of carbonyl (C=O) groups excluding carboxylic acids is 1. The Morgan fingerprint density at radius 3 is 2.80 bits per heavy atom. The molecule has 0 aliphatic carbocycles. The lowest BCUT2D eigenvalue weighted by atomic mass is 10.1. The highest BCUT2D eigenvalue weighted by Gasteiger charge is 2.17. The van der Waals surface area contributed by atoms with Gasteiger partial charge in [-0.25, -0.2) is 4.79 Å². The molecule has 0 radical (unpaired) electrons. The molecular weight excluding hydrogens is 391 g/mol. The zero-order chi connectivity index (χ0) is 15.1. The van der Waals surface area contributed by atoms with Gasteiger partial charge in [0.2, 0.25) is 5.91 Å². The van der Waals surface area contributed by atoms with E-state index in [4.69, 9.17) is 10.8 Å². The molecule has 4 N–H and O–H groups in total. The molecule has 0 saturated carbocycles. The third-order valence-corrected chi connectivity index (χ3v) is 4.19. The van der Waals surface area contributed by atoms with Gasteiger partial charge < -0.3 is 16.2 Å². The zero-order valence-corrected chi connectivity index (χ0v) is 14.0. The third-order valence-electron chi connectivity index (χ3n) is 2.58. The van der Waals surface area contributed by atoms with Crippen LogP contribution in [0, 0.1) is 3.57 Å². The summed E-state index contributed by atoms with van der Waals surface area (Å²) in [6.07, 6.45) is 0.566. The lowest BCUT2D eigenvalue weighted by Gasteiger charge is -2.13. The first kappa shape index (κ1) is 17.3. The van der Waals surface area contributed by atoms with E-state index < -0.39 is 12.0 Å². The number of rotatable bonds is 7. The van der Waals surface area contributed by atoms with Crippen molar-refractivity contribution in [3.05, 3.63) is 27.3 Å². The molecule has 0 fully saturated rings.